The first-order chi connectivity index (χ1) is 8.19. The summed E-state index contributed by atoms with van der Waals surface area (Å²) in [5.74, 6) is 2.49. The molecule has 0 aliphatic carbocycles. The van der Waals surface area contributed by atoms with Crippen LogP contribution >= 0.6 is 15.9 Å². The number of hydrogen-bond acceptors (Lipinski definition) is 2. The summed E-state index contributed by atoms with van der Waals surface area (Å²) in [7, 11) is 1.65. The van der Waals surface area contributed by atoms with E-state index in [4.69, 9.17) is 9.47 Å². The Morgan fingerprint density at radius 1 is 0.941 bits per heavy atom. The maximum absolute atomic E-state index is 5.79. The van der Waals surface area contributed by atoms with Gasteiger partial charge in [-0.2, -0.15) is 0 Å². The predicted molar refractivity (Wildman–Crippen MR) is 71.9 cm³/mol. The number of benzene rings is 2. The molecule has 0 unspecified atom stereocenters. The minimum absolute atomic E-state index is 0.802. The van der Waals surface area contributed by atoms with Gasteiger partial charge in [-0.25, -0.2) is 0 Å². The van der Waals surface area contributed by atoms with E-state index in [0.717, 1.165) is 27.3 Å². The second-order valence-corrected chi connectivity index (χ2v) is 4.60. The Kier molecular flexibility index (Phi) is 3.69. The van der Waals surface area contributed by atoms with Crippen molar-refractivity contribution in [2.24, 2.45) is 0 Å². The third kappa shape index (κ3) is 3.01. The lowest BCUT2D eigenvalue weighted by atomic mass is 10.2. The van der Waals surface area contributed by atoms with Gasteiger partial charge in [-0.15, -0.1) is 0 Å². The molecule has 0 aromatic heterocycles. The molecule has 2 aromatic carbocycles. The summed E-state index contributed by atoms with van der Waals surface area (Å²) < 4.78 is 11.9. The van der Waals surface area contributed by atoms with Gasteiger partial charge in [-0.1, -0.05) is 15.9 Å². The topological polar surface area (TPSA) is 18.5 Å². The number of hydrogen-bond donors (Lipinski definition) is 0. The van der Waals surface area contributed by atoms with Crippen molar-refractivity contribution < 1.29 is 9.47 Å². The van der Waals surface area contributed by atoms with E-state index < -0.39 is 0 Å². The van der Waals surface area contributed by atoms with Crippen molar-refractivity contribution in [2.75, 3.05) is 7.11 Å². The van der Waals surface area contributed by atoms with E-state index in [9.17, 15) is 0 Å². The van der Waals surface area contributed by atoms with E-state index >= 15 is 0 Å². The first-order valence-electron chi connectivity index (χ1n) is 5.27. The van der Waals surface area contributed by atoms with Gasteiger partial charge in [0.25, 0.3) is 0 Å². The highest BCUT2D eigenvalue weighted by atomic mass is 79.9. The zero-order valence-electron chi connectivity index (χ0n) is 9.74. The van der Waals surface area contributed by atoms with E-state index in [1.54, 1.807) is 7.11 Å². The Morgan fingerprint density at radius 2 is 1.59 bits per heavy atom. The molecular formula is C14H13BrO2. The van der Waals surface area contributed by atoms with Gasteiger partial charge < -0.3 is 9.47 Å². The smallest absolute Gasteiger partial charge is 0.130 e. The lowest BCUT2D eigenvalue weighted by Crippen LogP contribution is -1.88. The lowest BCUT2D eigenvalue weighted by Gasteiger charge is -2.09. The van der Waals surface area contributed by atoms with E-state index in [1.165, 1.54) is 0 Å². The van der Waals surface area contributed by atoms with Crippen LogP contribution in [0.15, 0.2) is 46.9 Å². The van der Waals surface area contributed by atoms with Crippen molar-refractivity contribution in [3.8, 4) is 17.2 Å². The molecule has 0 aliphatic rings. The van der Waals surface area contributed by atoms with Crippen LogP contribution in [0.25, 0.3) is 0 Å². The van der Waals surface area contributed by atoms with Crippen molar-refractivity contribution >= 4 is 15.9 Å². The zero-order valence-corrected chi connectivity index (χ0v) is 11.3. The van der Waals surface area contributed by atoms with E-state index in [2.05, 4.69) is 15.9 Å². The van der Waals surface area contributed by atoms with Gasteiger partial charge in [0.2, 0.25) is 0 Å². The molecule has 0 fully saturated rings. The monoisotopic (exact) mass is 292 g/mol. The highest BCUT2D eigenvalue weighted by molar-refractivity contribution is 9.10. The molecule has 2 rings (SSSR count). The molecule has 0 saturated carbocycles. The average Bonchev–Trinajstić information content (AvgIpc) is 2.34. The summed E-state index contributed by atoms with van der Waals surface area (Å²) in [6, 6.07) is 13.5. The van der Waals surface area contributed by atoms with Crippen molar-refractivity contribution in [2.45, 2.75) is 6.92 Å². The predicted octanol–water partition coefficient (Wildman–Crippen LogP) is 4.56. The third-order valence-corrected chi connectivity index (χ3v) is 2.92. The van der Waals surface area contributed by atoms with Gasteiger partial charge in [0.15, 0.2) is 0 Å². The van der Waals surface area contributed by atoms with Crippen molar-refractivity contribution in [1.82, 2.24) is 0 Å². The van der Waals surface area contributed by atoms with Crippen LogP contribution in [0, 0.1) is 6.92 Å². The van der Waals surface area contributed by atoms with Crippen molar-refractivity contribution in [3.63, 3.8) is 0 Å². The highest BCUT2D eigenvalue weighted by Gasteiger charge is 2.02. The van der Waals surface area contributed by atoms with Gasteiger partial charge >= 0.3 is 0 Å². The Bertz CT molecular complexity index is 506. The lowest BCUT2D eigenvalue weighted by molar-refractivity contribution is 0.412. The van der Waals surface area contributed by atoms with Crippen LogP contribution in [0.5, 0.6) is 17.2 Å². The summed E-state index contributed by atoms with van der Waals surface area (Å²) in [5.41, 5.74) is 1.09. The SMILES string of the molecule is COc1ccc(Oc2ccc(Br)cc2C)cc1. The first kappa shape index (κ1) is 12.0. The van der Waals surface area contributed by atoms with Crippen LogP contribution in [0.2, 0.25) is 0 Å². The summed E-state index contributed by atoms with van der Waals surface area (Å²) in [6.07, 6.45) is 0. The van der Waals surface area contributed by atoms with Crippen LogP contribution < -0.4 is 9.47 Å². The van der Waals surface area contributed by atoms with Crippen LogP contribution in [0.4, 0.5) is 0 Å². The molecule has 2 nitrogen and oxygen atoms in total. The molecule has 0 aliphatic heterocycles. The quantitative estimate of drug-likeness (QED) is 0.826. The molecule has 0 radical (unpaired) electrons. The second kappa shape index (κ2) is 5.23. The number of rotatable bonds is 3. The molecule has 17 heavy (non-hydrogen) atoms. The zero-order chi connectivity index (χ0) is 12.3. The minimum Gasteiger partial charge on any atom is -0.497 e. The van der Waals surface area contributed by atoms with Gasteiger partial charge in [0.05, 0.1) is 7.11 Å². The van der Waals surface area contributed by atoms with Crippen molar-refractivity contribution in [3.05, 3.63) is 52.5 Å². The Labute approximate surface area is 109 Å². The minimum atomic E-state index is 0.802. The summed E-state index contributed by atoms with van der Waals surface area (Å²) >= 11 is 3.43. The highest BCUT2D eigenvalue weighted by Crippen LogP contribution is 2.28. The third-order valence-electron chi connectivity index (χ3n) is 2.42. The number of ether oxygens (including phenoxy) is 2. The van der Waals surface area contributed by atoms with Crippen LogP contribution in [0.1, 0.15) is 5.56 Å². The van der Waals surface area contributed by atoms with E-state index in [0.29, 0.717) is 0 Å². The Morgan fingerprint density at radius 3 is 2.18 bits per heavy atom. The molecule has 3 heteroatoms. The number of methoxy groups -OCH3 is 1. The maximum atomic E-state index is 5.79. The molecule has 0 amide bonds. The van der Waals surface area contributed by atoms with E-state index in [1.807, 2.05) is 49.4 Å². The molecule has 0 atom stereocenters. The average molecular weight is 293 g/mol. The number of halogens is 1. The fourth-order valence-corrected chi connectivity index (χ4v) is 1.97. The van der Waals surface area contributed by atoms with Crippen LogP contribution in [-0.2, 0) is 0 Å². The Hall–Kier alpha value is -1.48. The molecule has 88 valence electrons. The van der Waals surface area contributed by atoms with Gasteiger partial charge in [-0.05, 0) is 55.0 Å². The standard InChI is InChI=1S/C14H13BrO2/c1-10-9-11(15)3-8-14(10)17-13-6-4-12(16-2)5-7-13/h3-9H,1-2H3. The van der Waals surface area contributed by atoms with Crippen LogP contribution in [0.3, 0.4) is 0 Å². The first-order valence-corrected chi connectivity index (χ1v) is 6.06. The molecular weight excluding hydrogens is 280 g/mol. The normalized spacial score (nSPS) is 10.1. The molecule has 0 saturated heterocycles. The van der Waals surface area contributed by atoms with Crippen molar-refractivity contribution in [1.29, 1.82) is 0 Å². The van der Waals surface area contributed by atoms with Gasteiger partial charge in [0.1, 0.15) is 17.2 Å². The van der Waals surface area contributed by atoms with Gasteiger partial charge in [0, 0.05) is 4.47 Å². The maximum Gasteiger partial charge on any atom is 0.130 e. The van der Waals surface area contributed by atoms with Crippen LogP contribution in [-0.4, -0.2) is 7.11 Å². The summed E-state index contributed by atoms with van der Waals surface area (Å²) in [6.45, 7) is 2.02. The molecule has 0 heterocycles. The second-order valence-electron chi connectivity index (χ2n) is 3.69. The molecule has 0 spiro atoms. The molecule has 0 bridgehead atoms. The number of aryl methyl sites for hydroxylation is 1. The Balaban J connectivity index is 2.19. The fraction of sp³-hybridized carbons (Fsp3) is 0.143. The largest absolute Gasteiger partial charge is 0.497 e. The summed E-state index contributed by atoms with van der Waals surface area (Å²) in [4.78, 5) is 0. The molecule has 0 N–H and O–H groups in total. The van der Waals surface area contributed by atoms with E-state index in [-0.39, 0.29) is 0 Å². The fourth-order valence-electron chi connectivity index (χ4n) is 1.50. The summed E-state index contributed by atoms with van der Waals surface area (Å²) in [5, 5.41) is 0. The van der Waals surface area contributed by atoms with Gasteiger partial charge in [-0.3, -0.25) is 0 Å². The molecule has 2 aromatic rings.